The molecule has 11 heteroatoms. The van der Waals surface area contributed by atoms with Crippen LogP contribution in [0.3, 0.4) is 0 Å². The van der Waals surface area contributed by atoms with E-state index in [1.807, 2.05) is 6.07 Å². The number of ether oxygens (including phenoxy) is 1. The lowest BCUT2D eigenvalue weighted by Crippen LogP contribution is -2.28. The summed E-state index contributed by atoms with van der Waals surface area (Å²) in [5.41, 5.74) is 0.416. The highest BCUT2D eigenvalue weighted by atomic mass is 35.5. The smallest absolute Gasteiger partial charge is 0.261 e. The van der Waals surface area contributed by atoms with Crippen LogP contribution in [0.25, 0.3) is 11.5 Å². The molecular weight excluding hydrogens is 449 g/mol. The number of aromatic nitrogens is 1. The monoisotopic (exact) mass is 464 g/mol. The molecule has 0 saturated carbocycles. The third kappa shape index (κ3) is 5.71. The molecule has 1 aromatic carbocycles. The lowest BCUT2D eigenvalue weighted by atomic mass is 10.2. The SMILES string of the molecule is N#Cc1nc(-c2cc(Cl)cc(Cl)c2Cl)oc1NCCOCCN1CCC(F)(F)C1. The molecule has 2 heterocycles. The standard InChI is InChI=1S/C18H17Cl3F2N4O2/c19-11-7-12(15(21)13(20)8-11)16-26-14(9-24)17(29-16)25-2-5-28-6-4-27-3-1-18(22,23)10-27/h7-8,25H,1-6,10H2. The van der Waals surface area contributed by atoms with E-state index in [9.17, 15) is 14.0 Å². The van der Waals surface area contributed by atoms with Gasteiger partial charge in [0.25, 0.3) is 5.92 Å². The molecule has 2 aromatic rings. The van der Waals surface area contributed by atoms with Gasteiger partial charge in [-0.3, -0.25) is 4.90 Å². The first-order valence-corrected chi connectivity index (χ1v) is 9.90. The molecule has 6 nitrogen and oxygen atoms in total. The molecule has 1 fully saturated rings. The highest BCUT2D eigenvalue weighted by Crippen LogP contribution is 2.37. The number of halogens is 5. The molecule has 0 bridgehead atoms. The van der Waals surface area contributed by atoms with Crippen molar-refractivity contribution in [1.82, 2.24) is 9.88 Å². The Kier molecular flexibility index (Phi) is 7.19. The summed E-state index contributed by atoms with van der Waals surface area (Å²) < 4.78 is 37.3. The van der Waals surface area contributed by atoms with Crippen LogP contribution >= 0.6 is 34.8 Å². The molecule has 1 saturated heterocycles. The molecule has 0 atom stereocenters. The summed E-state index contributed by atoms with van der Waals surface area (Å²) in [5, 5.41) is 13.0. The fourth-order valence-electron chi connectivity index (χ4n) is 2.87. The van der Waals surface area contributed by atoms with E-state index >= 15 is 0 Å². The number of nitrogens with one attached hydrogen (secondary N) is 1. The van der Waals surface area contributed by atoms with Crippen molar-refractivity contribution in [2.45, 2.75) is 12.3 Å². The number of likely N-dealkylation sites (tertiary alicyclic amines) is 1. The lowest BCUT2D eigenvalue weighted by Gasteiger charge is -2.15. The molecule has 0 unspecified atom stereocenters. The molecule has 0 amide bonds. The minimum absolute atomic E-state index is 0.0477. The molecule has 0 radical (unpaired) electrons. The van der Waals surface area contributed by atoms with Crippen LogP contribution < -0.4 is 5.32 Å². The average Bonchev–Trinajstić information content (AvgIpc) is 3.23. The maximum atomic E-state index is 13.1. The number of oxazole rings is 1. The zero-order valence-electron chi connectivity index (χ0n) is 15.2. The van der Waals surface area contributed by atoms with Crippen LogP contribution in [0.5, 0.6) is 0 Å². The Morgan fingerprint density at radius 2 is 2.10 bits per heavy atom. The predicted molar refractivity (Wildman–Crippen MR) is 107 cm³/mol. The molecule has 1 N–H and O–H groups in total. The summed E-state index contributed by atoms with van der Waals surface area (Å²) in [4.78, 5) is 5.78. The Morgan fingerprint density at radius 1 is 1.31 bits per heavy atom. The van der Waals surface area contributed by atoms with Crippen molar-refractivity contribution in [3.05, 3.63) is 32.9 Å². The maximum Gasteiger partial charge on any atom is 0.261 e. The molecule has 156 valence electrons. The summed E-state index contributed by atoms with van der Waals surface area (Å²) in [7, 11) is 0. The normalized spacial score (nSPS) is 16.1. The summed E-state index contributed by atoms with van der Waals surface area (Å²) in [6.07, 6.45) is -0.110. The number of alkyl halides is 2. The van der Waals surface area contributed by atoms with Crippen LogP contribution in [0.15, 0.2) is 16.5 Å². The molecule has 3 rings (SSSR count). The number of hydrogen-bond donors (Lipinski definition) is 1. The molecule has 29 heavy (non-hydrogen) atoms. The van der Waals surface area contributed by atoms with Gasteiger partial charge in [0.2, 0.25) is 17.5 Å². The number of nitriles is 1. The van der Waals surface area contributed by atoms with E-state index in [2.05, 4.69) is 10.3 Å². The first-order valence-electron chi connectivity index (χ1n) is 8.77. The van der Waals surface area contributed by atoms with Crippen molar-refractivity contribution >= 4 is 40.7 Å². The topological polar surface area (TPSA) is 74.3 Å². The maximum absolute atomic E-state index is 13.1. The van der Waals surface area contributed by atoms with Gasteiger partial charge in [-0.1, -0.05) is 34.8 Å². The van der Waals surface area contributed by atoms with Gasteiger partial charge in [0, 0.05) is 31.1 Å². The van der Waals surface area contributed by atoms with Gasteiger partial charge in [-0.15, -0.1) is 0 Å². The zero-order valence-corrected chi connectivity index (χ0v) is 17.4. The zero-order chi connectivity index (χ0) is 21.0. The molecule has 0 aliphatic carbocycles. The number of hydrogen-bond acceptors (Lipinski definition) is 6. The third-order valence-electron chi connectivity index (χ3n) is 4.29. The Balaban J connectivity index is 1.51. The van der Waals surface area contributed by atoms with E-state index in [-0.39, 0.29) is 40.5 Å². The van der Waals surface area contributed by atoms with Crippen LogP contribution in [0, 0.1) is 11.3 Å². The second-order valence-corrected chi connectivity index (χ2v) is 7.70. The Morgan fingerprint density at radius 3 is 2.79 bits per heavy atom. The van der Waals surface area contributed by atoms with Gasteiger partial charge in [0.15, 0.2) is 0 Å². The van der Waals surface area contributed by atoms with E-state index in [0.29, 0.717) is 43.4 Å². The Hall–Kier alpha value is -1.63. The quantitative estimate of drug-likeness (QED) is 0.439. The van der Waals surface area contributed by atoms with Gasteiger partial charge in [-0.2, -0.15) is 10.2 Å². The van der Waals surface area contributed by atoms with E-state index in [1.54, 1.807) is 4.90 Å². The van der Waals surface area contributed by atoms with Gasteiger partial charge in [-0.05, 0) is 12.1 Å². The van der Waals surface area contributed by atoms with Crippen LogP contribution in [0.4, 0.5) is 14.7 Å². The van der Waals surface area contributed by atoms with Gasteiger partial charge >= 0.3 is 0 Å². The van der Waals surface area contributed by atoms with Crippen LogP contribution in [-0.4, -0.2) is 55.2 Å². The first-order chi connectivity index (χ1) is 13.8. The summed E-state index contributed by atoms with van der Waals surface area (Å²) in [6.45, 7) is 1.56. The average molecular weight is 466 g/mol. The fourth-order valence-corrected chi connectivity index (χ4v) is 3.56. The summed E-state index contributed by atoms with van der Waals surface area (Å²) in [5.74, 6) is -2.33. The van der Waals surface area contributed by atoms with E-state index in [4.69, 9.17) is 44.0 Å². The number of nitrogens with zero attached hydrogens (tertiary/aromatic N) is 3. The minimum Gasteiger partial charge on any atom is -0.419 e. The van der Waals surface area contributed by atoms with Gasteiger partial charge < -0.3 is 14.5 Å². The molecule has 1 aliphatic rings. The summed E-state index contributed by atoms with van der Waals surface area (Å²) >= 11 is 18.2. The van der Waals surface area contributed by atoms with E-state index in [0.717, 1.165) is 0 Å². The van der Waals surface area contributed by atoms with Crippen LogP contribution in [0.1, 0.15) is 12.1 Å². The van der Waals surface area contributed by atoms with Crippen molar-refractivity contribution in [3.63, 3.8) is 0 Å². The number of anilines is 1. The Bertz CT molecular complexity index is 917. The van der Waals surface area contributed by atoms with E-state index < -0.39 is 5.92 Å². The number of benzene rings is 1. The highest BCUT2D eigenvalue weighted by molar-refractivity contribution is 6.44. The first kappa shape index (κ1) is 22.1. The second kappa shape index (κ2) is 9.45. The van der Waals surface area contributed by atoms with Gasteiger partial charge in [0.05, 0.1) is 35.4 Å². The van der Waals surface area contributed by atoms with E-state index in [1.165, 1.54) is 12.1 Å². The molecule has 1 aromatic heterocycles. The summed E-state index contributed by atoms with van der Waals surface area (Å²) in [6, 6.07) is 4.96. The highest BCUT2D eigenvalue weighted by Gasteiger charge is 2.37. The van der Waals surface area contributed by atoms with Gasteiger partial charge in [0.1, 0.15) is 6.07 Å². The third-order valence-corrected chi connectivity index (χ3v) is 5.31. The van der Waals surface area contributed by atoms with Crippen molar-refractivity contribution < 1.29 is 17.9 Å². The van der Waals surface area contributed by atoms with Crippen molar-refractivity contribution in [2.24, 2.45) is 0 Å². The number of rotatable bonds is 8. The van der Waals surface area contributed by atoms with Crippen molar-refractivity contribution in [2.75, 3.05) is 44.7 Å². The second-order valence-electron chi connectivity index (χ2n) is 6.48. The molecule has 0 spiro atoms. The van der Waals surface area contributed by atoms with Crippen LogP contribution in [0.2, 0.25) is 15.1 Å². The van der Waals surface area contributed by atoms with Crippen molar-refractivity contribution in [3.8, 4) is 17.5 Å². The van der Waals surface area contributed by atoms with Crippen molar-refractivity contribution in [1.29, 1.82) is 5.26 Å². The Labute approximate surface area is 181 Å². The lowest BCUT2D eigenvalue weighted by molar-refractivity contribution is 0.00921. The molecule has 1 aliphatic heterocycles. The largest absolute Gasteiger partial charge is 0.419 e. The minimum atomic E-state index is -2.60. The fraction of sp³-hybridized carbons (Fsp3) is 0.444. The van der Waals surface area contributed by atoms with Crippen LogP contribution in [-0.2, 0) is 4.74 Å². The van der Waals surface area contributed by atoms with Gasteiger partial charge in [-0.25, -0.2) is 8.78 Å². The molecular formula is C18H17Cl3F2N4O2. The predicted octanol–water partition coefficient (Wildman–Crippen LogP) is 4.94.